The van der Waals surface area contributed by atoms with Crippen LogP contribution in [0.1, 0.15) is 5.56 Å². The molecule has 1 aromatic heterocycles. The van der Waals surface area contributed by atoms with Crippen molar-refractivity contribution in [2.24, 2.45) is 0 Å². The van der Waals surface area contributed by atoms with Crippen LogP contribution in [-0.2, 0) is 16.6 Å². The minimum atomic E-state index is -3.74. The number of hydrogen-bond donors (Lipinski definition) is 2. The summed E-state index contributed by atoms with van der Waals surface area (Å²) in [5.41, 5.74) is 2.33. The Labute approximate surface area is 145 Å². The van der Waals surface area contributed by atoms with Gasteiger partial charge in [0.25, 0.3) is 10.0 Å². The standard InChI is InChI=1S/C18H16FN3O2S/c19-15-3-9-18(10-4-15)25(23,24)22-17-7-5-16(6-8-17)21-13-14-2-1-11-20-12-14/h1-12,21-22H,13H2. The van der Waals surface area contributed by atoms with Gasteiger partial charge in [-0.3, -0.25) is 9.71 Å². The Morgan fingerprint density at radius 1 is 0.920 bits per heavy atom. The largest absolute Gasteiger partial charge is 0.381 e. The van der Waals surface area contributed by atoms with E-state index in [1.54, 1.807) is 36.7 Å². The molecule has 5 nitrogen and oxygen atoms in total. The minimum Gasteiger partial charge on any atom is -0.381 e. The number of halogens is 1. The molecule has 0 saturated heterocycles. The van der Waals surface area contributed by atoms with Crippen LogP contribution >= 0.6 is 0 Å². The van der Waals surface area contributed by atoms with E-state index in [0.29, 0.717) is 12.2 Å². The summed E-state index contributed by atoms with van der Waals surface area (Å²) in [5, 5.41) is 3.23. The lowest BCUT2D eigenvalue weighted by Crippen LogP contribution is -2.12. The number of nitrogens with zero attached hydrogens (tertiary/aromatic N) is 1. The third kappa shape index (κ3) is 4.54. The molecule has 0 atom stereocenters. The van der Waals surface area contributed by atoms with Crippen molar-refractivity contribution in [1.29, 1.82) is 0 Å². The van der Waals surface area contributed by atoms with Crippen molar-refractivity contribution in [1.82, 2.24) is 4.98 Å². The highest BCUT2D eigenvalue weighted by atomic mass is 32.2. The lowest BCUT2D eigenvalue weighted by atomic mass is 10.2. The van der Waals surface area contributed by atoms with E-state index in [2.05, 4.69) is 15.0 Å². The van der Waals surface area contributed by atoms with Gasteiger partial charge in [-0.15, -0.1) is 0 Å². The summed E-state index contributed by atoms with van der Waals surface area (Å²) in [6, 6.07) is 15.4. The van der Waals surface area contributed by atoms with E-state index in [1.165, 1.54) is 12.1 Å². The van der Waals surface area contributed by atoms with Crippen LogP contribution in [0.15, 0.2) is 78.0 Å². The molecule has 0 fully saturated rings. The van der Waals surface area contributed by atoms with Crippen molar-refractivity contribution in [3.05, 3.63) is 84.4 Å². The molecule has 1 heterocycles. The summed E-state index contributed by atoms with van der Waals surface area (Å²) < 4.78 is 39.9. The lowest BCUT2D eigenvalue weighted by Gasteiger charge is -2.10. The summed E-state index contributed by atoms with van der Waals surface area (Å²) in [4.78, 5) is 4.05. The van der Waals surface area contributed by atoms with Crippen LogP contribution < -0.4 is 10.0 Å². The zero-order chi connectivity index (χ0) is 17.7. The normalized spacial score (nSPS) is 11.1. The molecule has 0 aliphatic heterocycles. The molecule has 7 heteroatoms. The van der Waals surface area contributed by atoms with Crippen molar-refractivity contribution in [3.8, 4) is 0 Å². The molecule has 3 rings (SSSR count). The van der Waals surface area contributed by atoms with E-state index in [9.17, 15) is 12.8 Å². The van der Waals surface area contributed by atoms with Crippen molar-refractivity contribution in [2.75, 3.05) is 10.0 Å². The summed E-state index contributed by atoms with van der Waals surface area (Å²) in [7, 11) is -3.74. The van der Waals surface area contributed by atoms with Crippen LogP contribution in [0.4, 0.5) is 15.8 Å². The van der Waals surface area contributed by atoms with Crippen LogP contribution in [0.5, 0.6) is 0 Å². The van der Waals surface area contributed by atoms with E-state index < -0.39 is 15.8 Å². The number of anilines is 2. The zero-order valence-corrected chi connectivity index (χ0v) is 14.0. The third-order valence-electron chi connectivity index (χ3n) is 3.48. The fraction of sp³-hybridized carbons (Fsp3) is 0.0556. The monoisotopic (exact) mass is 357 g/mol. The van der Waals surface area contributed by atoms with E-state index in [4.69, 9.17) is 0 Å². The maximum Gasteiger partial charge on any atom is 0.261 e. The van der Waals surface area contributed by atoms with Gasteiger partial charge in [-0.2, -0.15) is 0 Å². The maximum atomic E-state index is 12.9. The highest BCUT2D eigenvalue weighted by Gasteiger charge is 2.13. The number of sulfonamides is 1. The van der Waals surface area contributed by atoms with E-state index in [1.807, 2.05) is 12.1 Å². The minimum absolute atomic E-state index is 0.00711. The molecule has 0 aliphatic carbocycles. The van der Waals surface area contributed by atoms with Gasteiger partial charge in [-0.05, 0) is 60.2 Å². The smallest absolute Gasteiger partial charge is 0.261 e. The molecule has 3 aromatic rings. The first-order valence-electron chi connectivity index (χ1n) is 7.54. The summed E-state index contributed by atoms with van der Waals surface area (Å²) >= 11 is 0. The SMILES string of the molecule is O=S(=O)(Nc1ccc(NCc2cccnc2)cc1)c1ccc(F)cc1. The van der Waals surface area contributed by atoms with Crippen LogP contribution in [0.2, 0.25) is 0 Å². The van der Waals surface area contributed by atoms with E-state index in [0.717, 1.165) is 23.4 Å². The number of rotatable bonds is 6. The van der Waals surface area contributed by atoms with Gasteiger partial charge < -0.3 is 5.32 Å². The van der Waals surface area contributed by atoms with Crippen molar-refractivity contribution in [2.45, 2.75) is 11.4 Å². The predicted octanol–water partition coefficient (Wildman–Crippen LogP) is 3.63. The van der Waals surface area contributed by atoms with E-state index >= 15 is 0 Å². The quantitative estimate of drug-likeness (QED) is 0.707. The molecule has 0 saturated carbocycles. The Bertz CT molecular complexity index is 928. The average Bonchev–Trinajstić information content (AvgIpc) is 2.62. The molecule has 0 bridgehead atoms. The molecular weight excluding hydrogens is 341 g/mol. The van der Waals surface area contributed by atoms with E-state index in [-0.39, 0.29) is 4.90 Å². The molecule has 2 aromatic carbocycles. The fourth-order valence-corrected chi connectivity index (χ4v) is 3.25. The topological polar surface area (TPSA) is 71.1 Å². The van der Waals surface area contributed by atoms with Gasteiger partial charge in [0.15, 0.2) is 0 Å². The van der Waals surface area contributed by atoms with Crippen molar-refractivity contribution >= 4 is 21.4 Å². The van der Waals surface area contributed by atoms with Crippen LogP contribution in [0, 0.1) is 5.82 Å². The summed E-state index contributed by atoms with van der Waals surface area (Å²) in [6.45, 7) is 0.620. The second-order valence-electron chi connectivity index (χ2n) is 5.35. The van der Waals surface area contributed by atoms with Gasteiger partial charge in [0.2, 0.25) is 0 Å². The highest BCUT2D eigenvalue weighted by Crippen LogP contribution is 2.19. The Morgan fingerprint density at radius 2 is 1.60 bits per heavy atom. The summed E-state index contributed by atoms with van der Waals surface area (Å²) in [6.07, 6.45) is 3.49. The van der Waals surface area contributed by atoms with Gasteiger partial charge in [0, 0.05) is 30.3 Å². The van der Waals surface area contributed by atoms with Gasteiger partial charge in [-0.1, -0.05) is 6.07 Å². The Hall–Kier alpha value is -2.93. The Balaban J connectivity index is 1.65. The lowest BCUT2D eigenvalue weighted by molar-refractivity contribution is 0.599. The van der Waals surface area contributed by atoms with Crippen LogP contribution in [-0.4, -0.2) is 13.4 Å². The molecule has 0 amide bonds. The molecule has 2 N–H and O–H groups in total. The molecule has 25 heavy (non-hydrogen) atoms. The first-order chi connectivity index (χ1) is 12.0. The van der Waals surface area contributed by atoms with Crippen molar-refractivity contribution < 1.29 is 12.8 Å². The average molecular weight is 357 g/mol. The molecule has 0 aliphatic rings. The highest BCUT2D eigenvalue weighted by molar-refractivity contribution is 7.92. The second kappa shape index (κ2) is 7.31. The first kappa shape index (κ1) is 16.9. The number of benzene rings is 2. The molecular formula is C18H16FN3O2S. The molecule has 0 unspecified atom stereocenters. The number of nitrogens with one attached hydrogen (secondary N) is 2. The van der Waals surface area contributed by atoms with Gasteiger partial charge in [0.05, 0.1) is 4.90 Å². The molecule has 0 radical (unpaired) electrons. The second-order valence-corrected chi connectivity index (χ2v) is 7.03. The van der Waals surface area contributed by atoms with Crippen LogP contribution in [0.3, 0.4) is 0 Å². The van der Waals surface area contributed by atoms with Gasteiger partial charge in [0.1, 0.15) is 5.82 Å². The third-order valence-corrected chi connectivity index (χ3v) is 4.88. The maximum absolute atomic E-state index is 12.9. The molecule has 0 spiro atoms. The number of pyridine rings is 1. The Kier molecular flexibility index (Phi) is 4.95. The number of aromatic nitrogens is 1. The number of hydrogen-bond acceptors (Lipinski definition) is 4. The fourth-order valence-electron chi connectivity index (χ4n) is 2.19. The van der Waals surface area contributed by atoms with Crippen molar-refractivity contribution in [3.63, 3.8) is 0 Å². The molecule has 128 valence electrons. The Morgan fingerprint density at radius 3 is 2.24 bits per heavy atom. The summed E-state index contributed by atoms with van der Waals surface area (Å²) in [5.74, 6) is -0.483. The zero-order valence-electron chi connectivity index (χ0n) is 13.2. The van der Waals surface area contributed by atoms with Gasteiger partial charge >= 0.3 is 0 Å². The van der Waals surface area contributed by atoms with Gasteiger partial charge in [-0.25, -0.2) is 12.8 Å². The van der Waals surface area contributed by atoms with Crippen LogP contribution in [0.25, 0.3) is 0 Å². The predicted molar refractivity (Wildman–Crippen MR) is 95.2 cm³/mol. The first-order valence-corrected chi connectivity index (χ1v) is 9.02.